The van der Waals surface area contributed by atoms with Crippen molar-refractivity contribution in [3.63, 3.8) is 0 Å². The third-order valence-corrected chi connectivity index (χ3v) is 5.55. The molecular formula is C19H22N8O. The van der Waals surface area contributed by atoms with E-state index in [1.54, 1.807) is 20.3 Å². The summed E-state index contributed by atoms with van der Waals surface area (Å²) in [4.78, 5) is 27.3. The summed E-state index contributed by atoms with van der Waals surface area (Å²) < 4.78 is 3.46. The fraction of sp³-hybridized carbons (Fsp3) is 0.421. The maximum Gasteiger partial charge on any atom is 0.292 e. The maximum atomic E-state index is 13.4. The van der Waals surface area contributed by atoms with Crippen LogP contribution in [0, 0.1) is 6.92 Å². The number of H-pyrrole nitrogens is 1. The summed E-state index contributed by atoms with van der Waals surface area (Å²) in [5, 5.41) is 9.03. The fourth-order valence-electron chi connectivity index (χ4n) is 4.16. The van der Waals surface area contributed by atoms with Crippen LogP contribution in [0.2, 0.25) is 0 Å². The molecule has 0 fully saturated rings. The average Bonchev–Trinajstić information content (AvgIpc) is 3.38. The van der Waals surface area contributed by atoms with Crippen LogP contribution in [-0.4, -0.2) is 51.9 Å². The molecule has 0 aliphatic carbocycles. The minimum atomic E-state index is -0.349. The molecule has 1 N–H and O–H groups in total. The molecule has 2 aliphatic rings. The summed E-state index contributed by atoms with van der Waals surface area (Å²) in [6.07, 6.45) is 7.52. The van der Waals surface area contributed by atoms with E-state index in [1.807, 2.05) is 15.8 Å². The predicted octanol–water partition coefficient (Wildman–Crippen LogP) is 1.81. The third-order valence-electron chi connectivity index (χ3n) is 5.55. The number of amides is 1. The monoisotopic (exact) mass is 378 g/mol. The summed E-state index contributed by atoms with van der Waals surface area (Å²) in [5.41, 5.74) is 3.89. The lowest BCUT2D eigenvalue weighted by Gasteiger charge is -2.33. The lowest BCUT2D eigenvalue weighted by molar-refractivity contribution is 0.0669. The zero-order valence-corrected chi connectivity index (χ0v) is 16.1. The van der Waals surface area contributed by atoms with Crippen LogP contribution in [0.3, 0.4) is 0 Å². The van der Waals surface area contributed by atoms with Crippen molar-refractivity contribution in [2.75, 3.05) is 6.54 Å². The second-order valence-corrected chi connectivity index (χ2v) is 7.48. The van der Waals surface area contributed by atoms with Crippen molar-refractivity contribution in [3.8, 4) is 0 Å². The molecule has 5 rings (SSSR count). The second-order valence-electron chi connectivity index (χ2n) is 7.48. The van der Waals surface area contributed by atoms with Gasteiger partial charge in [0.25, 0.3) is 5.91 Å². The van der Waals surface area contributed by atoms with Crippen molar-refractivity contribution < 1.29 is 4.79 Å². The van der Waals surface area contributed by atoms with Crippen LogP contribution in [0.1, 0.15) is 64.5 Å². The first kappa shape index (κ1) is 16.9. The number of nitrogens with zero attached hydrogens (tertiary/aromatic N) is 7. The van der Waals surface area contributed by atoms with E-state index < -0.39 is 0 Å². The molecule has 0 radical (unpaired) electrons. The number of hydrogen-bond acceptors (Lipinski definition) is 5. The Morgan fingerprint density at radius 3 is 2.93 bits per heavy atom. The Morgan fingerprint density at radius 2 is 2.18 bits per heavy atom. The van der Waals surface area contributed by atoms with Gasteiger partial charge in [0, 0.05) is 43.5 Å². The van der Waals surface area contributed by atoms with Crippen molar-refractivity contribution in [1.82, 2.24) is 39.4 Å². The molecule has 1 amide bonds. The molecule has 3 aromatic heterocycles. The topological polar surface area (TPSA) is 97.5 Å². The van der Waals surface area contributed by atoms with E-state index in [9.17, 15) is 4.79 Å². The maximum absolute atomic E-state index is 13.4. The predicted molar refractivity (Wildman–Crippen MR) is 102 cm³/mol. The lowest BCUT2D eigenvalue weighted by atomic mass is 9.97. The van der Waals surface area contributed by atoms with Gasteiger partial charge in [-0.2, -0.15) is 10.2 Å². The van der Waals surface area contributed by atoms with Gasteiger partial charge in [-0.1, -0.05) is 13.0 Å². The summed E-state index contributed by atoms with van der Waals surface area (Å²) in [5.74, 6) is 1.14. The SMILES string of the molecule is Cc1nc(C(=O)N2CCc3[nH]cnc3[C@H]2c2cc3n(n2)C=CCC3C)n(C)n1. The van der Waals surface area contributed by atoms with Crippen molar-refractivity contribution in [2.45, 2.75) is 38.6 Å². The van der Waals surface area contributed by atoms with E-state index in [0.717, 1.165) is 35.6 Å². The normalized spacial score (nSPS) is 20.9. The molecule has 0 saturated carbocycles. The van der Waals surface area contributed by atoms with Crippen LogP contribution < -0.4 is 0 Å². The molecule has 0 bridgehead atoms. The number of hydrogen-bond donors (Lipinski definition) is 1. The first-order valence-corrected chi connectivity index (χ1v) is 9.49. The molecule has 1 unspecified atom stereocenters. The molecule has 28 heavy (non-hydrogen) atoms. The van der Waals surface area contributed by atoms with E-state index in [4.69, 9.17) is 5.10 Å². The summed E-state index contributed by atoms with van der Waals surface area (Å²) in [6.45, 7) is 4.54. The minimum absolute atomic E-state index is 0.156. The first-order chi connectivity index (χ1) is 13.5. The zero-order valence-electron chi connectivity index (χ0n) is 16.1. The molecule has 2 aliphatic heterocycles. The highest BCUT2D eigenvalue weighted by Gasteiger charge is 2.38. The van der Waals surface area contributed by atoms with Crippen LogP contribution in [0.25, 0.3) is 6.20 Å². The van der Waals surface area contributed by atoms with Crippen LogP contribution in [-0.2, 0) is 13.5 Å². The van der Waals surface area contributed by atoms with Crippen LogP contribution in [0.4, 0.5) is 0 Å². The van der Waals surface area contributed by atoms with Crippen LogP contribution in [0.5, 0.6) is 0 Å². The van der Waals surface area contributed by atoms with Crippen molar-refractivity contribution in [2.24, 2.45) is 7.05 Å². The highest BCUT2D eigenvalue weighted by molar-refractivity contribution is 5.91. The number of carbonyl (C=O) groups excluding carboxylic acids is 1. The van der Waals surface area contributed by atoms with Gasteiger partial charge in [0.15, 0.2) is 0 Å². The van der Waals surface area contributed by atoms with E-state index in [1.165, 1.54) is 4.68 Å². The number of nitrogens with one attached hydrogen (secondary N) is 1. The van der Waals surface area contributed by atoms with Gasteiger partial charge in [-0.25, -0.2) is 19.3 Å². The Morgan fingerprint density at radius 1 is 1.32 bits per heavy atom. The summed E-state index contributed by atoms with van der Waals surface area (Å²) in [7, 11) is 1.74. The van der Waals surface area contributed by atoms with Gasteiger partial charge in [-0.3, -0.25) is 4.79 Å². The zero-order chi connectivity index (χ0) is 19.4. The standard InChI is InChI=1S/C19H22N8O/c1-11-5-4-7-27-15(11)9-14(24-27)17-16-13(20-10-21-16)6-8-26(17)19(28)18-22-12(2)23-25(18)3/h4,7,9-11,17H,5-6,8H2,1-3H3,(H,20,21)/t11?,17-/m1/s1. The molecule has 9 nitrogen and oxygen atoms in total. The number of aromatic amines is 1. The highest BCUT2D eigenvalue weighted by atomic mass is 16.2. The molecule has 5 heterocycles. The van der Waals surface area contributed by atoms with E-state index >= 15 is 0 Å². The Hall–Kier alpha value is -3.23. The van der Waals surface area contributed by atoms with Gasteiger partial charge in [-0.15, -0.1) is 0 Å². The number of rotatable bonds is 2. The Bertz CT molecular complexity index is 1090. The van der Waals surface area contributed by atoms with Gasteiger partial charge in [0.1, 0.15) is 11.9 Å². The molecule has 144 valence electrons. The molecule has 2 atom stereocenters. The minimum Gasteiger partial charge on any atom is -0.348 e. The molecule has 9 heteroatoms. The van der Waals surface area contributed by atoms with E-state index in [-0.39, 0.29) is 11.9 Å². The highest BCUT2D eigenvalue weighted by Crippen LogP contribution is 2.36. The van der Waals surface area contributed by atoms with Crippen molar-refractivity contribution >= 4 is 12.1 Å². The van der Waals surface area contributed by atoms with E-state index in [0.29, 0.717) is 24.1 Å². The summed E-state index contributed by atoms with van der Waals surface area (Å²) >= 11 is 0. The third kappa shape index (κ3) is 2.49. The second kappa shape index (κ2) is 6.15. The molecule has 3 aromatic rings. The fourth-order valence-corrected chi connectivity index (χ4v) is 4.16. The smallest absolute Gasteiger partial charge is 0.292 e. The number of imidazole rings is 1. The molecular weight excluding hydrogens is 356 g/mol. The quantitative estimate of drug-likeness (QED) is 0.733. The van der Waals surface area contributed by atoms with Gasteiger partial charge in [-0.05, 0) is 19.4 Å². The lowest BCUT2D eigenvalue weighted by Crippen LogP contribution is -2.42. The van der Waals surface area contributed by atoms with Gasteiger partial charge in [0.05, 0.1) is 17.7 Å². The van der Waals surface area contributed by atoms with Crippen molar-refractivity contribution in [3.05, 3.63) is 52.9 Å². The Balaban J connectivity index is 1.61. The van der Waals surface area contributed by atoms with Crippen molar-refractivity contribution in [1.29, 1.82) is 0 Å². The van der Waals surface area contributed by atoms with Gasteiger partial charge >= 0.3 is 0 Å². The number of aromatic nitrogens is 7. The van der Waals surface area contributed by atoms with Crippen LogP contribution >= 0.6 is 0 Å². The first-order valence-electron chi connectivity index (χ1n) is 9.49. The van der Waals surface area contributed by atoms with Gasteiger partial charge in [0.2, 0.25) is 5.82 Å². The molecule has 0 aromatic carbocycles. The number of fused-ring (bicyclic) bond motifs is 2. The van der Waals surface area contributed by atoms with Gasteiger partial charge < -0.3 is 9.88 Å². The molecule has 0 spiro atoms. The largest absolute Gasteiger partial charge is 0.348 e. The summed E-state index contributed by atoms with van der Waals surface area (Å²) in [6, 6.07) is 1.75. The number of carbonyl (C=O) groups is 1. The Labute approximate surface area is 162 Å². The Kier molecular flexibility index (Phi) is 3.71. The molecule has 0 saturated heterocycles. The average molecular weight is 378 g/mol. The number of allylic oxidation sites excluding steroid dienone is 1. The van der Waals surface area contributed by atoms with Crippen LogP contribution in [0.15, 0.2) is 18.5 Å². The number of aryl methyl sites for hydroxylation is 2. The van der Waals surface area contributed by atoms with E-state index in [2.05, 4.69) is 39.1 Å².